The molecular formula is C30H47N. The fourth-order valence-corrected chi connectivity index (χ4v) is 5.94. The van der Waals surface area contributed by atoms with Crippen LogP contribution in [0.3, 0.4) is 0 Å². The Balaban J connectivity index is 1.48. The SMILES string of the molecule is C/C=C(/C)C(CCC/C=C(\N)c1ccc(C2CCC2C)cc1)CC(C)C1CCCCC1. The Morgan fingerprint density at radius 2 is 1.77 bits per heavy atom. The summed E-state index contributed by atoms with van der Waals surface area (Å²) >= 11 is 0. The van der Waals surface area contributed by atoms with Crippen LogP contribution in [0, 0.1) is 23.7 Å². The summed E-state index contributed by atoms with van der Waals surface area (Å²) in [7, 11) is 0. The molecule has 0 saturated heterocycles. The smallest absolute Gasteiger partial charge is 0.0347 e. The van der Waals surface area contributed by atoms with Gasteiger partial charge in [0.05, 0.1) is 0 Å². The van der Waals surface area contributed by atoms with Crippen molar-refractivity contribution in [3.05, 3.63) is 53.1 Å². The van der Waals surface area contributed by atoms with Crippen LogP contribution in [0.2, 0.25) is 0 Å². The first-order valence-corrected chi connectivity index (χ1v) is 13.2. The maximum absolute atomic E-state index is 6.43. The van der Waals surface area contributed by atoms with E-state index in [1.54, 1.807) is 5.57 Å². The van der Waals surface area contributed by atoms with Crippen molar-refractivity contribution in [2.75, 3.05) is 0 Å². The van der Waals surface area contributed by atoms with E-state index in [0.29, 0.717) is 0 Å². The highest BCUT2D eigenvalue weighted by molar-refractivity contribution is 5.62. The van der Waals surface area contributed by atoms with Gasteiger partial charge in [0.1, 0.15) is 0 Å². The van der Waals surface area contributed by atoms with E-state index in [9.17, 15) is 0 Å². The monoisotopic (exact) mass is 421 g/mol. The molecule has 1 nitrogen and oxygen atoms in total. The van der Waals surface area contributed by atoms with Crippen LogP contribution in [0.15, 0.2) is 42.0 Å². The molecule has 1 aromatic carbocycles. The predicted octanol–water partition coefficient (Wildman–Crippen LogP) is 8.86. The van der Waals surface area contributed by atoms with Gasteiger partial charge in [-0.15, -0.1) is 0 Å². The zero-order valence-corrected chi connectivity index (χ0v) is 20.7. The lowest BCUT2D eigenvalue weighted by Crippen LogP contribution is -2.20. The highest BCUT2D eigenvalue weighted by atomic mass is 14.6. The first-order chi connectivity index (χ1) is 15.0. The number of hydrogen-bond acceptors (Lipinski definition) is 1. The molecule has 0 spiro atoms. The average Bonchev–Trinajstić information content (AvgIpc) is 2.80. The Morgan fingerprint density at radius 1 is 1.06 bits per heavy atom. The molecule has 2 aliphatic rings. The summed E-state index contributed by atoms with van der Waals surface area (Å²) in [5.74, 6) is 4.16. The third kappa shape index (κ3) is 6.74. The predicted molar refractivity (Wildman–Crippen MR) is 137 cm³/mol. The van der Waals surface area contributed by atoms with Crippen LogP contribution in [0.4, 0.5) is 0 Å². The normalized spacial score (nSPS) is 25.2. The summed E-state index contributed by atoms with van der Waals surface area (Å²) in [6.07, 6.45) is 19.6. The molecule has 1 heteroatoms. The standard InChI is InChI=1S/C30H47N/c1-5-22(2)28(21-24(4)25-11-7-6-8-12-25)13-9-10-14-30(31)27-18-16-26(17-19-27)29-20-15-23(29)3/h5,14,16-19,23-25,28-29H,6-13,15,20-21,31H2,1-4H3/b22-5-,30-14-. The number of allylic oxidation sites excluding steroid dienone is 3. The van der Waals surface area contributed by atoms with Gasteiger partial charge in [-0.05, 0) is 93.1 Å². The van der Waals surface area contributed by atoms with Gasteiger partial charge in [0.2, 0.25) is 0 Å². The Bertz CT molecular complexity index is 719. The highest BCUT2D eigenvalue weighted by Crippen LogP contribution is 2.42. The highest BCUT2D eigenvalue weighted by Gasteiger charge is 2.28. The molecule has 0 amide bonds. The van der Waals surface area contributed by atoms with Crippen LogP contribution in [0.25, 0.3) is 5.70 Å². The molecule has 1 aromatic rings. The maximum atomic E-state index is 6.43. The van der Waals surface area contributed by atoms with Crippen molar-refractivity contribution in [3.63, 3.8) is 0 Å². The molecule has 4 unspecified atom stereocenters. The summed E-state index contributed by atoms with van der Waals surface area (Å²) in [6, 6.07) is 9.05. The minimum atomic E-state index is 0.736. The van der Waals surface area contributed by atoms with E-state index in [2.05, 4.69) is 64.1 Å². The molecule has 172 valence electrons. The second kappa shape index (κ2) is 11.9. The third-order valence-corrected chi connectivity index (χ3v) is 8.62. The van der Waals surface area contributed by atoms with Gasteiger partial charge in [0.15, 0.2) is 0 Å². The summed E-state index contributed by atoms with van der Waals surface area (Å²) in [4.78, 5) is 0. The van der Waals surface area contributed by atoms with Crippen LogP contribution in [-0.2, 0) is 0 Å². The first kappa shape index (κ1) is 24.1. The summed E-state index contributed by atoms with van der Waals surface area (Å²) < 4.78 is 0. The van der Waals surface area contributed by atoms with Crippen molar-refractivity contribution in [1.29, 1.82) is 0 Å². The Kier molecular flexibility index (Phi) is 9.30. The number of nitrogens with two attached hydrogens (primary N) is 1. The fraction of sp³-hybridized carbons (Fsp3) is 0.667. The molecule has 0 aliphatic heterocycles. The van der Waals surface area contributed by atoms with Crippen molar-refractivity contribution in [1.82, 2.24) is 0 Å². The van der Waals surface area contributed by atoms with E-state index in [1.165, 1.54) is 75.3 Å². The number of hydrogen-bond donors (Lipinski definition) is 1. The van der Waals surface area contributed by atoms with Crippen molar-refractivity contribution < 1.29 is 0 Å². The summed E-state index contributed by atoms with van der Waals surface area (Å²) in [6.45, 7) is 9.43. The van der Waals surface area contributed by atoms with Gasteiger partial charge in [-0.3, -0.25) is 0 Å². The van der Waals surface area contributed by atoms with Crippen molar-refractivity contribution >= 4 is 5.70 Å². The number of unbranched alkanes of at least 4 members (excludes halogenated alkanes) is 1. The van der Waals surface area contributed by atoms with Gasteiger partial charge in [-0.2, -0.15) is 0 Å². The maximum Gasteiger partial charge on any atom is 0.0347 e. The van der Waals surface area contributed by atoms with Crippen LogP contribution in [0.1, 0.15) is 115 Å². The molecule has 2 aliphatic carbocycles. The first-order valence-electron chi connectivity index (χ1n) is 13.2. The van der Waals surface area contributed by atoms with Gasteiger partial charge in [0, 0.05) is 5.70 Å². The molecule has 0 radical (unpaired) electrons. The van der Waals surface area contributed by atoms with Gasteiger partial charge < -0.3 is 5.73 Å². The molecule has 31 heavy (non-hydrogen) atoms. The summed E-state index contributed by atoms with van der Waals surface area (Å²) in [5.41, 5.74) is 11.6. The van der Waals surface area contributed by atoms with E-state index in [1.807, 2.05) is 0 Å². The second-order valence-corrected chi connectivity index (χ2v) is 10.7. The zero-order valence-electron chi connectivity index (χ0n) is 20.7. The lowest BCUT2D eigenvalue weighted by Gasteiger charge is -2.34. The van der Waals surface area contributed by atoms with Crippen LogP contribution in [-0.4, -0.2) is 0 Å². The van der Waals surface area contributed by atoms with E-state index in [0.717, 1.165) is 41.7 Å². The van der Waals surface area contributed by atoms with Gasteiger partial charge in [-0.1, -0.05) is 87.9 Å². The Morgan fingerprint density at radius 3 is 2.35 bits per heavy atom. The topological polar surface area (TPSA) is 26.0 Å². The van der Waals surface area contributed by atoms with Crippen molar-refractivity contribution in [3.8, 4) is 0 Å². The summed E-state index contributed by atoms with van der Waals surface area (Å²) in [5, 5.41) is 0. The van der Waals surface area contributed by atoms with E-state index in [-0.39, 0.29) is 0 Å². The second-order valence-electron chi connectivity index (χ2n) is 10.7. The molecule has 4 atom stereocenters. The molecule has 2 saturated carbocycles. The largest absolute Gasteiger partial charge is 0.399 e. The Labute approximate surface area is 192 Å². The molecule has 2 fully saturated rings. The fourth-order valence-electron chi connectivity index (χ4n) is 5.94. The van der Waals surface area contributed by atoms with E-state index >= 15 is 0 Å². The van der Waals surface area contributed by atoms with Gasteiger partial charge >= 0.3 is 0 Å². The van der Waals surface area contributed by atoms with Crippen LogP contribution in [0.5, 0.6) is 0 Å². The van der Waals surface area contributed by atoms with E-state index < -0.39 is 0 Å². The Hall–Kier alpha value is -1.50. The quantitative estimate of drug-likeness (QED) is 0.296. The lowest BCUT2D eigenvalue weighted by molar-refractivity contribution is 0.229. The van der Waals surface area contributed by atoms with Crippen LogP contribution < -0.4 is 5.73 Å². The van der Waals surface area contributed by atoms with Crippen molar-refractivity contribution in [2.45, 2.75) is 104 Å². The number of benzene rings is 1. The van der Waals surface area contributed by atoms with Crippen molar-refractivity contribution in [2.24, 2.45) is 29.4 Å². The minimum Gasteiger partial charge on any atom is -0.399 e. The molecular weight excluding hydrogens is 374 g/mol. The third-order valence-electron chi connectivity index (χ3n) is 8.62. The van der Waals surface area contributed by atoms with Gasteiger partial charge in [-0.25, -0.2) is 0 Å². The molecule has 3 rings (SSSR count). The molecule has 0 bridgehead atoms. The average molecular weight is 422 g/mol. The van der Waals surface area contributed by atoms with E-state index in [4.69, 9.17) is 5.73 Å². The molecule has 2 N–H and O–H groups in total. The van der Waals surface area contributed by atoms with Crippen LogP contribution >= 0.6 is 0 Å². The lowest BCUT2D eigenvalue weighted by atomic mass is 9.71. The zero-order chi connectivity index (χ0) is 22.2. The minimum absolute atomic E-state index is 0.736. The van der Waals surface area contributed by atoms with Gasteiger partial charge in [0.25, 0.3) is 0 Å². The molecule has 0 heterocycles. The number of rotatable bonds is 10. The molecule has 0 aromatic heterocycles.